The number of aromatic nitrogens is 4. The van der Waals surface area contributed by atoms with Crippen LogP contribution in [0.25, 0.3) is 0 Å². The first-order valence-corrected chi connectivity index (χ1v) is 11.0. The van der Waals surface area contributed by atoms with Gasteiger partial charge in [-0.3, -0.25) is 9.59 Å². The topological polar surface area (TPSA) is 131 Å². The van der Waals surface area contributed by atoms with E-state index in [2.05, 4.69) is 31.1 Å². The molecule has 34 heavy (non-hydrogen) atoms. The summed E-state index contributed by atoms with van der Waals surface area (Å²) in [4.78, 5) is 39.4. The predicted octanol–water partition coefficient (Wildman–Crippen LogP) is 2.10. The Morgan fingerprint density at radius 2 is 1.68 bits per heavy atom. The van der Waals surface area contributed by atoms with Crippen LogP contribution in [0.4, 0.5) is 17.1 Å². The van der Waals surface area contributed by atoms with Gasteiger partial charge in [-0.2, -0.15) is 0 Å². The number of hydrogen-bond donors (Lipinski definition) is 2. The van der Waals surface area contributed by atoms with Gasteiger partial charge in [0, 0.05) is 24.5 Å². The average molecular weight is 463 g/mol. The van der Waals surface area contributed by atoms with Crippen molar-refractivity contribution in [1.82, 2.24) is 20.2 Å². The summed E-state index contributed by atoms with van der Waals surface area (Å²) in [6.07, 6.45) is 4.95. The van der Waals surface area contributed by atoms with Crippen molar-refractivity contribution in [1.29, 1.82) is 0 Å². The van der Waals surface area contributed by atoms with E-state index in [0.29, 0.717) is 5.69 Å². The molecule has 2 amide bonds. The molecule has 11 nitrogen and oxygen atoms in total. The highest BCUT2D eigenvalue weighted by atomic mass is 16.5. The number of anilines is 3. The molecule has 1 aromatic heterocycles. The lowest BCUT2D eigenvalue weighted by molar-refractivity contribution is -0.119. The molecule has 2 aromatic carbocycles. The summed E-state index contributed by atoms with van der Waals surface area (Å²) in [5.74, 6) is -1.61. The fourth-order valence-electron chi connectivity index (χ4n) is 3.67. The number of nitrogens with one attached hydrogen (secondary N) is 2. The molecule has 0 saturated carbocycles. The van der Waals surface area contributed by atoms with Gasteiger partial charge in [-0.05, 0) is 66.1 Å². The summed E-state index contributed by atoms with van der Waals surface area (Å²) < 4.78 is 6.41. The third kappa shape index (κ3) is 6.15. The monoisotopic (exact) mass is 463 g/mol. The Balaban J connectivity index is 1.28. The van der Waals surface area contributed by atoms with Crippen LogP contribution < -0.4 is 15.5 Å². The number of ether oxygens (including phenoxy) is 1. The van der Waals surface area contributed by atoms with Crippen LogP contribution in [0.1, 0.15) is 29.6 Å². The second kappa shape index (κ2) is 11.0. The summed E-state index contributed by atoms with van der Waals surface area (Å²) in [6.45, 7) is 1.51. The van der Waals surface area contributed by atoms with Crippen molar-refractivity contribution < 1.29 is 19.1 Å². The number of rotatable bonds is 8. The first kappa shape index (κ1) is 22.9. The van der Waals surface area contributed by atoms with Crippen molar-refractivity contribution in [3.63, 3.8) is 0 Å². The van der Waals surface area contributed by atoms with E-state index in [9.17, 15) is 14.4 Å². The zero-order valence-electron chi connectivity index (χ0n) is 18.5. The maximum Gasteiger partial charge on any atom is 0.340 e. The lowest BCUT2D eigenvalue weighted by Crippen LogP contribution is -2.29. The van der Waals surface area contributed by atoms with Crippen LogP contribution in [0.3, 0.4) is 0 Å². The van der Waals surface area contributed by atoms with Crippen molar-refractivity contribution in [3.05, 3.63) is 60.4 Å². The predicted molar refractivity (Wildman–Crippen MR) is 124 cm³/mol. The molecule has 176 valence electrons. The zero-order chi connectivity index (χ0) is 23.8. The number of nitrogens with zero attached hydrogens (tertiary/aromatic N) is 5. The van der Waals surface area contributed by atoms with Crippen LogP contribution in [-0.2, 0) is 20.9 Å². The Kier molecular flexibility index (Phi) is 7.43. The van der Waals surface area contributed by atoms with Crippen molar-refractivity contribution >= 4 is 34.8 Å². The second-order valence-electron chi connectivity index (χ2n) is 7.82. The molecule has 2 N–H and O–H groups in total. The molecule has 1 saturated heterocycles. The number of amides is 2. The van der Waals surface area contributed by atoms with Gasteiger partial charge in [0.1, 0.15) is 12.9 Å². The van der Waals surface area contributed by atoms with Crippen LogP contribution in [0, 0.1) is 0 Å². The first-order chi connectivity index (χ1) is 16.6. The maximum atomic E-state index is 12.5. The van der Waals surface area contributed by atoms with Gasteiger partial charge in [-0.1, -0.05) is 12.1 Å². The number of tetrazole rings is 1. The third-order valence-electron chi connectivity index (χ3n) is 5.32. The van der Waals surface area contributed by atoms with Crippen molar-refractivity contribution in [3.8, 4) is 0 Å². The van der Waals surface area contributed by atoms with Crippen LogP contribution in [0.15, 0.2) is 54.9 Å². The Bertz CT molecular complexity index is 1130. The van der Waals surface area contributed by atoms with E-state index in [4.69, 9.17) is 4.74 Å². The van der Waals surface area contributed by atoms with E-state index >= 15 is 0 Å². The molecule has 0 bridgehead atoms. The van der Waals surface area contributed by atoms with Crippen molar-refractivity contribution in [2.24, 2.45) is 0 Å². The van der Waals surface area contributed by atoms with E-state index in [1.807, 2.05) is 24.3 Å². The lowest BCUT2D eigenvalue weighted by Gasteiger charge is -2.28. The second-order valence-corrected chi connectivity index (χ2v) is 7.82. The molecule has 1 fully saturated rings. The van der Waals surface area contributed by atoms with Gasteiger partial charge in [0.05, 0.1) is 11.3 Å². The van der Waals surface area contributed by atoms with E-state index in [0.717, 1.165) is 18.8 Å². The number of benzene rings is 2. The molecule has 0 atom stereocenters. The van der Waals surface area contributed by atoms with Gasteiger partial charge in [0.2, 0.25) is 5.91 Å². The first-order valence-electron chi connectivity index (χ1n) is 11.0. The Morgan fingerprint density at radius 1 is 0.912 bits per heavy atom. The quantitative estimate of drug-likeness (QED) is 0.486. The van der Waals surface area contributed by atoms with Gasteiger partial charge < -0.3 is 20.3 Å². The average Bonchev–Trinajstić information content (AvgIpc) is 3.37. The Morgan fingerprint density at radius 3 is 2.41 bits per heavy atom. The molecule has 0 radical (unpaired) electrons. The van der Waals surface area contributed by atoms with Gasteiger partial charge in [0.25, 0.3) is 5.91 Å². The fraction of sp³-hybridized carbons (Fsp3) is 0.304. The van der Waals surface area contributed by atoms with Gasteiger partial charge in [-0.25, -0.2) is 9.48 Å². The normalized spacial score (nSPS) is 13.2. The molecule has 0 aliphatic carbocycles. The van der Waals surface area contributed by atoms with E-state index in [1.54, 1.807) is 18.2 Å². The summed E-state index contributed by atoms with van der Waals surface area (Å²) in [5.41, 5.74) is 2.14. The highest BCUT2D eigenvalue weighted by molar-refractivity contribution is 6.02. The Labute approximate surface area is 196 Å². The fourth-order valence-corrected chi connectivity index (χ4v) is 3.67. The van der Waals surface area contributed by atoms with Crippen LogP contribution >= 0.6 is 0 Å². The minimum atomic E-state index is -0.728. The molecule has 1 aliphatic rings. The number of carbonyl (C=O) groups excluding carboxylic acids is 3. The lowest BCUT2D eigenvalue weighted by atomic mass is 10.1. The smallest absolute Gasteiger partial charge is 0.340 e. The molecule has 0 spiro atoms. The van der Waals surface area contributed by atoms with Crippen LogP contribution in [-0.4, -0.2) is 57.7 Å². The highest BCUT2D eigenvalue weighted by Gasteiger charge is 2.17. The molecule has 3 aromatic rings. The standard InChI is InChI=1S/C23H25N7O4/c31-21(14-30-16-24-27-28-30)26-20-7-3-2-6-19(20)23(33)34-15-22(32)25-17-8-10-18(11-9-17)29-12-4-1-5-13-29/h2-3,6-11,16H,1,4-5,12-15H2,(H,25,32)(H,26,31). The molecule has 11 heteroatoms. The molecule has 0 unspecified atom stereocenters. The molecule has 2 heterocycles. The van der Waals surface area contributed by atoms with Gasteiger partial charge in [0.15, 0.2) is 6.61 Å². The third-order valence-corrected chi connectivity index (χ3v) is 5.32. The minimum Gasteiger partial charge on any atom is -0.452 e. The van der Waals surface area contributed by atoms with Gasteiger partial charge in [-0.15, -0.1) is 5.10 Å². The van der Waals surface area contributed by atoms with Gasteiger partial charge >= 0.3 is 5.97 Å². The molecular weight excluding hydrogens is 438 g/mol. The van der Waals surface area contributed by atoms with Crippen molar-refractivity contribution in [2.75, 3.05) is 35.2 Å². The zero-order valence-corrected chi connectivity index (χ0v) is 18.5. The number of esters is 1. The minimum absolute atomic E-state index is 0.116. The maximum absolute atomic E-state index is 12.5. The molecular formula is C23H25N7O4. The SMILES string of the molecule is O=C(COC(=O)c1ccccc1NC(=O)Cn1cnnn1)Nc1ccc(N2CCCCC2)cc1. The molecule has 4 rings (SSSR count). The largest absolute Gasteiger partial charge is 0.452 e. The summed E-state index contributed by atoms with van der Waals surface area (Å²) in [5, 5.41) is 15.9. The number of piperidine rings is 1. The summed E-state index contributed by atoms with van der Waals surface area (Å²) >= 11 is 0. The number of para-hydroxylation sites is 1. The number of hydrogen-bond acceptors (Lipinski definition) is 8. The van der Waals surface area contributed by atoms with Crippen molar-refractivity contribution in [2.45, 2.75) is 25.8 Å². The summed E-state index contributed by atoms with van der Waals surface area (Å²) in [6, 6.07) is 14.0. The van der Waals surface area contributed by atoms with Crippen LogP contribution in [0.2, 0.25) is 0 Å². The van der Waals surface area contributed by atoms with E-state index in [1.165, 1.54) is 36.3 Å². The number of carbonyl (C=O) groups is 3. The highest BCUT2D eigenvalue weighted by Crippen LogP contribution is 2.22. The van der Waals surface area contributed by atoms with Crippen LogP contribution in [0.5, 0.6) is 0 Å². The van der Waals surface area contributed by atoms with E-state index in [-0.39, 0.29) is 17.8 Å². The van der Waals surface area contributed by atoms with E-state index < -0.39 is 24.4 Å². The Hall–Kier alpha value is -4.28. The molecule has 1 aliphatic heterocycles. The summed E-state index contributed by atoms with van der Waals surface area (Å²) in [7, 11) is 0.